The fourth-order valence-corrected chi connectivity index (χ4v) is 5.00. The van der Waals surface area contributed by atoms with Crippen molar-refractivity contribution in [2.24, 2.45) is 0 Å². The van der Waals surface area contributed by atoms with Crippen molar-refractivity contribution in [3.63, 3.8) is 0 Å². The molecule has 3 heterocycles. The van der Waals surface area contributed by atoms with Crippen LogP contribution >= 0.6 is 23.5 Å². The summed E-state index contributed by atoms with van der Waals surface area (Å²) in [6.07, 6.45) is 8.92. The van der Waals surface area contributed by atoms with E-state index in [0.717, 1.165) is 45.1 Å². The number of nitrogens with zero attached hydrogens (tertiary/aromatic N) is 6. The largest absolute Gasteiger partial charge is 0.443 e. The molecule has 2 aliphatic rings. The summed E-state index contributed by atoms with van der Waals surface area (Å²) in [5, 5.41) is 21.5. The van der Waals surface area contributed by atoms with Crippen molar-refractivity contribution in [2.45, 2.75) is 103 Å². The average Bonchev–Trinajstić information content (AvgIpc) is 3.52. The highest BCUT2D eigenvalue weighted by Gasteiger charge is 2.36. The van der Waals surface area contributed by atoms with Crippen LogP contribution in [-0.2, 0) is 9.47 Å². The van der Waals surface area contributed by atoms with E-state index in [4.69, 9.17) is 31.3 Å². The second-order valence-electron chi connectivity index (χ2n) is 11.2. The molecule has 0 spiro atoms. The molecule has 11 nitrogen and oxygen atoms in total. The number of halogens is 1. The zero-order valence-corrected chi connectivity index (χ0v) is 24.9. The Balaban J connectivity index is 0.000000732. The molecule has 0 bridgehead atoms. The SMILES string of the molecule is CC(C)(O)O.CSN(C)CC1CCC(n2ncc3c(N(C(=O)OC(C)(C)C)C4CCCC4)nc(Cl)nc32)O1. The number of rotatable bonds is 6. The Kier molecular flexibility index (Phi) is 10.3. The van der Waals surface area contributed by atoms with Gasteiger partial charge in [0.1, 0.15) is 5.60 Å². The molecule has 2 aromatic heterocycles. The highest BCUT2D eigenvalue weighted by molar-refractivity contribution is 7.96. The van der Waals surface area contributed by atoms with Gasteiger partial charge in [-0.3, -0.25) is 9.21 Å². The van der Waals surface area contributed by atoms with E-state index >= 15 is 0 Å². The summed E-state index contributed by atoms with van der Waals surface area (Å²) in [5.41, 5.74) is -0.0505. The van der Waals surface area contributed by atoms with Gasteiger partial charge in [0.05, 0.1) is 17.7 Å². The summed E-state index contributed by atoms with van der Waals surface area (Å²) in [6.45, 7) is 9.02. The Morgan fingerprint density at radius 3 is 2.39 bits per heavy atom. The van der Waals surface area contributed by atoms with Crippen LogP contribution < -0.4 is 4.90 Å². The van der Waals surface area contributed by atoms with Crippen molar-refractivity contribution >= 4 is 46.5 Å². The summed E-state index contributed by atoms with van der Waals surface area (Å²) in [4.78, 5) is 23.9. The lowest BCUT2D eigenvalue weighted by molar-refractivity contribution is -0.127. The van der Waals surface area contributed by atoms with Crippen molar-refractivity contribution in [1.82, 2.24) is 24.1 Å². The van der Waals surface area contributed by atoms with Crippen LogP contribution in [0, 0.1) is 0 Å². The second-order valence-corrected chi connectivity index (χ2v) is 12.5. The molecule has 2 N–H and O–H groups in total. The third kappa shape index (κ3) is 8.65. The first-order valence-electron chi connectivity index (χ1n) is 12.9. The first kappa shape index (κ1) is 30.8. The van der Waals surface area contributed by atoms with Gasteiger partial charge in [0.25, 0.3) is 0 Å². The van der Waals surface area contributed by atoms with E-state index in [0.29, 0.717) is 16.9 Å². The number of hydrogen-bond acceptors (Lipinski definition) is 10. The lowest BCUT2D eigenvalue weighted by Crippen LogP contribution is -2.43. The van der Waals surface area contributed by atoms with Gasteiger partial charge in [-0.05, 0) is 85.2 Å². The Bertz CT molecular complexity index is 1080. The smallest absolute Gasteiger partial charge is 0.416 e. The molecule has 1 saturated heterocycles. The summed E-state index contributed by atoms with van der Waals surface area (Å²) < 4.78 is 16.0. The molecule has 13 heteroatoms. The molecule has 4 rings (SSSR count). The van der Waals surface area contributed by atoms with Gasteiger partial charge >= 0.3 is 6.09 Å². The molecule has 2 unspecified atom stereocenters. The summed E-state index contributed by atoms with van der Waals surface area (Å²) >= 11 is 8.05. The van der Waals surface area contributed by atoms with E-state index in [1.54, 1.807) is 27.7 Å². The number of anilines is 1. The monoisotopic (exact) mass is 572 g/mol. The molecule has 1 aliphatic carbocycles. The molecule has 1 saturated carbocycles. The normalized spacial score (nSPS) is 20.6. The van der Waals surface area contributed by atoms with Gasteiger partial charge in [0.2, 0.25) is 5.28 Å². The number of fused-ring (bicyclic) bond motifs is 1. The van der Waals surface area contributed by atoms with Crippen molar-refractivity contribution < 1.29 is 24.5 Å². The number of aromatic nitrogens is 4. The maximum absolute atomic E-state index is 13.3. The van der Waals surface area contributed by atoms with Crippen LogP contribution in [0.5, 0.6) is 0 Å². The minimum atomic E-state index is -1.50. The number of hydrogen-bond donors (Lipinski definition) is 2. The van der Waals surface area contributed by atoms with Crippen LogP contribution in [0.3, 0.4) is 0 Å². The summed E-state index contributed by atoms with van der Waals surface area (Å²) in [5.74, 6) is -1.05. The molecule has 38 heavy (non-hydrogen) atoms. The summed E-state index contributed by atoms with van der Waals surface area (Å²) in [6, 6.07) is 0.00607. The predicted octanol–water partition coefficient (Wildman–Crippen LogP) is 4.76. The van der Waals surface area contributed by atoms with E-state index in [1.807, 2.05) is 20.8 Å². The van der Waals surface area contributed by atoms with Crippen LogP contribution in [-0.4, -0.2) is 83.7 Å². The van der Waals surface area contributed by atoms with Gasteiger partial charge in [-0.1, -0.05) is 24.8 Å². The Morgan fingerprint density at radius 1 is 1.18 bits per heavy atom. The van der Waals surface area contributed by atoms with Gasteiger partial charge < -0.3 is 19.7 Å². The van der Waals surface area contributed by atoms with E-state index in [9.17, 15) is 4.79 Å². The van der Waals surface area contributed by atoms with E-state index < -0.39 is 17.5 Å². The minimum Gasteiger partial charge on any atom is -0.443 e. The molecular weight excluding hydrogens is 532 g/mol. The van der Waals surface area contributed by atoms with Crippen molar-refractivity contribution in [2.75, 3.05) is 24.7 Å². The molecule has 0 radical (unpaired) electrons. The van der Waals surface area contributed by atoms with Crippen molar-refractivity contribution in [3.05, 3.63) is 11.5 Å². The Labute approximate surface area is 234 Å². The minimum absolute atomic E-state index is 0.00607. The highest BCUT2D eigenvalue weighted by atomic mass is 35.5. The van der Waals surface area contributed by atoms with Gasteiger partial charge in [0, 0.05) is 12.6 Å². The fourth-order valence-electron chi connectivity index (χ4n) is 4.52. The Morgan fingerprint density at radius 2 is 1.82 bits per heavy atom. The summed E-state index contributed by atoms with van der Waals surface area (Å²) in [7, 11) is 2.05. The van der Waals surface area contributed by atoms with Crippen LogP contribution in [0.4, 0.5) is 10.6 Å². The zero-order chi connectivity index (χ0) is 28.3. The maximum Gasteiger partial charge on any atom is 0.416 e. The molecule has 1 amide bonds. The van der Waals surface area contributed by atoms with Crippen molar-refractivity contribution in [3.8, 4) is 0 Å². The number of likely N-dealkylation sites (N-methyl/N-ethyl adjacent to an activating group) is 1. The first-order chi connectivity index (χ1) is 17.7. The third-order valence-electron chi connectivity index (χ3n) is 6.04. The van der Waals surface area contributed by atoms with Gasteiger partial charge in [0.15, 0.2) is 23.5 Å². The molecule has 214 valence electrons. The lowest BCUT2D eigenvalue weighted by atomic mass is 10.2. The van der Waals surface area contributed by atoms with Crippen molar-refractivity contribution in [1.29, 1.82) is 0 Å². The number of carbonyl (C=O) groups is 1. The van der Waals surface area contributed by atoms with Gasteiger partial charge in [-0.25, -0.2) is 9.48 Å². The number of ether oxygens (including phenoxy) is 2. The van der Waals surface area contributed by atoms with Crippen LogP contribution in [0.15, 0.2) is 6.20 Å². The average molecular weight is 573 g/mol. The molecule has 2 fully saturated rings. The number of carbonyl (C=O) groups excluding carboxylic acids is 1. The van der Waals surface area contributed by atoms with Gasteiger partial charge in [-0.15, -0.1) is 0 Å². The van der Waals surface area contributed by atoms with E-state index in [2.05, 4.69) is 32.7 Å². The quantitative estimate of drug-likeness (QED) is 0.284. The Hall–Kier alpha value is -1.70. The zero-order valence-electron chi connectivity index (χ0n) is 23.3. The molecule has 1 aliphatic heterocycles. The molecule has 2 atom stereocenters. The second kappa shape index (κ2) is 12.6. The first-order valence-corrected chi connectivity index (χ1v) is 14.5. The molecule has 0 aromatic carbocycles. The molecule has 2 aromatic rings. The number of aliphatic hydroxyl groups is 2. The van der Waals surface area contributed by atoms with Gasteiger partial charge in [-0.2, -0.15) is 15.1 Å². The maximum atomic E-state index is 13.3. The number of amides is 1. The predicted molar refractivity (Wildman–Crippen MR) is 149 cm³/mol. The lowest BCUT2D eigenvalue weighted by Gasteiger charge is -2.31. The van der Waals surface area contributed by atoms with E-state index in [-0.39, 0.29) is 23.7 Å². The fraction of sp³-hybridized carbons (Fsp3) is 0.760. The third-order valence-corrected chi connectivity index (χ3v) is 6.99. The van der Waals surface area contributed by atoms with Crippen LogP contribution in [0.1, 0.15) is 79.4 Å². The van der Waals surface area contributed by atoms with Crippen LogP contribution in [0.25, 0.3) is 11.0 Å². The van der Waals surface area contributed by atoms with E-state index in [1.165, 1.54) is 13.8 Å². The van der Waals surface area contributed by atoms with Crippen LogP contribution in [0.2, 0.25) is 5.28 Å². The standard InChI is InChI=1S/C22H33ClN6O3S.C3H8O2/c1-22(2,3)32-21(30)28(14-8-6-7-9-14)18-16-12-24-29(19(16)26-20(23)25-18)17-11-10-15(31-17)13-27(4)33-5;1-3(2,4)5/h12,14-15,17H,6-11,13H2,1-5H3;4-5H,1-2H3. The highest BCUT2D eigenvalue weighted by Crippen LogP contribution is 2.36. The topological polar surface area (TPSA) is 126 Å². The molecular formula is C25H41ClN6O5S.